The molecule has 0 bridgehead atoms. The molecule has 0 saturated carbocycles. The van der Waals surface area contributed by atoms with E-state index in [9.17, 15) is 14.4 Å². The van der Waals surface area contributed by atoms with Crippen LogP contribution in [0.4, 0.5) is 0 Å². The van der Waals surface area contributed by atoms with Crippen molar-refractivity contribution < 1.29 is 19.1 Å². The van der Waals surface area contributed by atoms with Crippen molar-refractivity contribution in [3.05, 3.63) is 56.2 Å². The summed E-state index contributed by atoms with van der Waals surface area (Å²) in [6.07, 6.45) is 0.0129. The zero-order valence-electron chi connectivity index (χ0n) is 13.0. The quantitative estimate of drug-likeness (QED) is 0.561. The second-order valence-electron chi connectivity index (χ2n) is 5.01. The van der Waals surface area contributed by atoms with Gasteiger partial charge in [-0.25, -0.2) is 0 Å². The molecule has 0 aliphatic rings. The highest BCUT2D eigenvalue weighted by Gasteiger charge is 2.12. The van der Waals surface area contributed by atoms with Gasteiger partial charge < -0.3 is 10.1 Å². The number of rotatable bonds is 7. The second-order valence-corrected chi connectivity index (χ2v) is 7.21. The monoisotopic (exact) mass is 409 g/mol. The fourth-order valence-corrected chi connectivity index (χ4v) is 2.91. The first-order valence-corrected chi connectivity index (χ1v) is 8.85. The summed E-state index contributed by atoms with van der Waals surface area (Å²) in [5, 5.41) is 2.63. The molecule has 1 N–H and O–H groups in total. The molecule has 0 spiro atoms. The number of hydrogen-bond acceptors (Lipinski definition) is 5. The standard InChI is InChI=1S/C17H16BrNO4S/c1-11-2-7-15(24-11)14(20)10-23-16(21)8-9-19-17(22)12-3-5-13(18)6-4-12/h2-7H,8-10H2,1H3,(H,19,22). The van der Waals surface area contributed by atoms with Gasteiger partial charge in [0.2, 0.25) is 5.78 Å². The number of carbonyl (C=O) groups is 3. The van der Waals surface area contributed by atoms with Crippen molar-refractivity contribution in [2.45, 2.75) is 13.3 Å². The van der Waals surface area contributed by atoms with E-state index in [1.807, 2.05) is 13.0 Å². The van der Waals surface area contributed by atoms with E-state index in [4.69, 9.17) is 4.74 Å². The van der Waals surface area contributed by atoms with Crippen LogP contribution in [-0.4, -0.2) is 30.8 Å². The van der Waals surface area contributed by atoms with Crippen molar-refractivity contribution >= 4 is 44.9 Å². The molecule has 1 heterocycles. The summed E-state index contributed by atoms with van der Waals surface area (Å²) in [5.74, 6) is -1.01. The lowest BCUT2D eigenvalue weighted by atomic mass is 10.2. The molecule has 2 rings (SSSR count). The number of halogens is 1. The Balaban J connectivity index is 1.68. The van der Waals surface area contributed by atoms with Crippen LogP contribution in [0.15, 0.2) is 40.9 Å². The topological polar surface area (TPSA) is 72.5 Å². The molecule has 0 atom stereocenters. The molecule has 0 fully saturated rings. The minimum atomic E-state index is -0.521. The lowest BCUT2D eigenvalue weighted by Gasteiger charge is -2.06. The Hall–Kier alpha value is -1.99. The van der Waals surface area contributed by atoms with Gasteiger partial charge in [-0.05, 0) is 43.3 Å². The number of thiophene rings is 1. The molecule has 1 amide bonds. The molecule has 0 unspecified atom stereocenters. The number of benzene rings is 1. The van der Waals surface area contributed by atoms with Gasteiger partial charge in [0.15, 0.2) is 6.61 Å². The molecule has 2 aromatic rings. The third kappa shape index (κ3) is 5.58. The summed E-state index contributed by atoms with van der Waals surface area (Å²) in [4.78, 5) is 36.9. The van der Waals surface area contributed by atoms with Gasteiger partial charge in [-0.3, -0.25) is 14.4 Å². The van der Waals surface area contributed by atoms with E-state index in [1.54, 1.807) is 30.3 Å². The number of ketones is 1. The minimum absolute atomic E-state index is 0.0129. The van der Waals surface area contributed by atoms with Gasteiger partial charge in [0.1, 0.15) is 0 Å². The Kier molecular flexibility index (Phi) is 6.69. The first-order chi connectivity index (χ1) is 11.5. The van der Waals surface area contributed by atoms with E-state index in [-0.39, 0.29) is 31.3 Å². The van der Waals surface area contributed by atoms with Crippen LogP contribution in [0.5, 0.6) is 0 Å². The first kappa shape index (κ1) is 18.4. The highest BCUT2D eigenvalue weighted by atomic mass is 79.9. The summed E-state index contributed by atoms with van der Waals surface area (Å²) in [6, 6.07) is 10.5. The maximum absolute atomic E-state index is 11.9. The number of amides is 1. The Bertz CT molecular complexity index is 739. The van der Waals surface area contributed by atoms with Gasteiger partial charge in [0.05, 0.1) is 11.3 Å². The molecule has 7 heteroatoms. The van der Waals surface area contributed by atoms with Crippen molar-refractivity contribution in [2.24, 2.45) is 0 Å². The molecule has 24 heavy (non-hydrogen) atoms. The van der Waals surface area contributed by atoms with Crippen molar-refractivity contribution in [3.63, 3.8) is 0 Å². The Morgan fingerprint density at radius 1 is 1.12 bits per heavy atom. The van der Waals surface area contributed by atoms with Crippen LogP contribution < -0.4 is 5.32 Å². The van der Waals surface area contributed by atoms with Gasteiger partial charge in [-0.2, -0.15) is 0 Å². The number of nitrogens with one attached hydrogen (secondary N) is 1. The van der Waals surface area contributed by atoms with Crippen LogP contribution in [0.2, 0.25) is 0 Å². The molecule has 1 aromatic heterocycles. The molecular weight excluding hydrogens is 394 g/mol. The molecule has 0 aliphatic carbocycles. The minimum Gasteiger partial charge on any atom is -0.457 e. The smallest absolute Gasteiger partial charge is 0.308 e. The predicted octanol–water partition coefficient (Wildman–Crippen LogP) is 3.37. The number of Topliss-reactive ketones (excluding diaryl/α,β-unsaturated/α-hetero) is 1. The van der Waals surface area contributed by atoms with E-state index in [0.29, 0.717) is 10.4 Å². The lowest BCUT2D eigenvalue weighted by Crippen LogP contribution is -2.27. The number of hydrogen-bond donors (Lipinski definition) is 1. The Morgan fingerprint density at radius 3 is 2.46 bits per heavy atom. The molecule has 0 saturated heterocycles. The maximum atomic E-state index is 11.9. The third-order valence-corrected chi connectivity index (χ3v) is 4.67. The van der Waals surface area contributed by atoms with Crippen molar-refractivity contribution in [2.75, 3.05) is 13.2 Å². The SMILES string of the molecule is Cc1ccc(C(=O)COC(=O)CCNC(=O)c2ccc(Br)cc2)s1. The first-order valence-electron chi connectivity index (χ1n) is 7.25. The zero-order valence-corrected chi connectivity index (χ0v) is 15.4. The summed E-state index contributed by atoms with van der Waals surface area (Å²) >= 11 is 4.66. The van der Waals surface area contributed by atoms with E-state index < -0.39 is 5.97 Å². The average Bonchev–Trinajstić information content (AvgIpc) is 2.99. The van der Waals surface area contributed by atoms with Crippen molar-refractivity contribution in [3.8, 4) is 0 Å². The summed E-state index contributed by atoms with van der Waals surface area (Å²) in [6.45, 7) is 1.78. The van der Waals surface area contributed by atoms with Crippen LogP contribution in [0.3, 0.4) is 0 Å². The van der Waals surface area contributed by atoms with Crippen LogP contribution >= 0.6 is 27.3 Å². The van der Waals surface area contributed by atoms with Gasteiger partial charge in [-0.1, -0.05) is 15.9 Å². The summed E-state index contributed by atoms with van der Waals surface area (Å²) < 4.78 is 5.81. The highest BCUT2D eigenvalue weighted by Crippen LogP contribution is 2.15. The number of carbonyl (C=O) groups excluding carboxylic acids is 3. The number of ether oxygens (including phenoxy) is 1. The summed E-state index contributed by atoms with van der Waals surface area (Å²) in [7, 11) is 0. The molecule has 0 radical (unpaired) electrons. The van der Waals surface area contributed by atoms with Crippen molar-refractivity contribution in [1.29, 1.82) is 0 Å². The van der Waals surface area contributed by atoms with E-state index in [2.05, 4.69) is 21.2 Å². The molecule has 5 nitrogen and oxygen atoms in total. The predicted molar refractivity (Wildman–Crippen MR) is 95.4 cm³/mol. The zero-order chi connectivity index (χ0) is 17.5. The van der Waals surface area contributed by atoms with Crippen LogP contribution in [0, 0.1) is 6.92 Å². The van der Waals surface area contributed by atoms with Crippen LogP contribution in [-0.2, 0) is 9.53 Å². The van der Waals surface area contributed by atoms with Crippen LogP contribution in [0.1, 0.15) is 31.3 Å². The van der Waals surface area contributed by atoms with Gasteiger partial charge in [0.25, 0.3) is 5.91 Å². The Morgan fingerprint density at radius 2 is 1.83 bits per heavy atom. The fraction of sp³-hybridized carbons (Fsp3) is 0.235. The van der Waals surface area contributed by atoms with Gasteiger partial charge >= 0.3 is 5.97 Å². The Labute approximate surface area is 152 Å². The fourth-order valence-electron chi connectivity index (χ4n) is 1.86. The third-order valence-electron chi connectivity index (χ3n) is 3.10. The second kappa shape index (κ2) is 8.75. The average molecular weight is 410 g/mol. The van der Waals surface area contributed by atoms with Gasteiger partial charge in [0, 0.05) is 21.5 Å². The van der Waals surface area contributed by atoms with Crippen LogP contribution in [0.25, 0.3) is 0 Å². The maximum Gasteiger partial charge on any atom is 0.308 e. The van der Waals surface area contributed by atoms with Crippen molar-refractivity contribution in [1.82, 2.24) is 5.32 Å². The molecular formula is C17H16BrNO4S. The highest BCUT2D eigenvalue weighted by molar-refractivity contribution is 9.10. The number of esters is 1. The lowest BCUT2D eigenvalue weighted by molar-refractivity contribution is -0.142. The van der Waals surface area contributed by atoms with Gasteiger partial charge in [-0.15, -0.1) is 11.3 Å². The molecule has 126 valence electrons. The van der Waals surface area contributed by atoms with E-state index >= 15 is 0 Å². The normalized spacial score (nSPS) is 10.2. The van der Waals surface area contributed by atoms with E-state index in [1.165, 1.54) is 11.3 Å². The number of aryl methyl sites for hydroxylation is 1. The molecule has 1 aromatic carbocycles. The molecule has 0 aliphatic heterocycles. The van der Waals surface area contributed by atoms with E-state index in [0.717, 1.165) is 9.35 Å². The summed E-state index contributed by atoms with van der Waals surface area (Å²) in [5.41, 5.74) is 0.509. The largest absolute Gasteiger partial charge is 0.457 e.